The first-order valence-electron chi connectivity index (χ1n) is 11.3. The molecule has 0 bridgehead atoms. The number of ether oxygens (including phenoxy) is 1. The van der Waals surface area contributed by atoms with Crippen LogP contribution in [0.4, 0.5) is 0 Å². The van der Waals surface area contributed by atoms with Gasteiger partial charge in [0.1, 0.15) is 5.75 Å². The maximum Gasteiger partial charge on any atom is 0.337 e. The summed E-state index contributed by atoms with van der Waals surface area (Å²) < 4.78 is 5.66. The van der Waals surface area contributed by atoms with Gasteiger partial charge in [-0.15, -0.1) is 0 Å². The number of Topliss-reactive ketones (excluding diaryl/α,β-unsaturated/α-hetero) is 1. The topological polar surface area (TPSA) is 75.6 Å². The smallest absolute Gasteiger partial charge is 0.337 e. The van der Waals surface area contributed by atoms with E-state index in [9.17, 15) is 14.7 Å². The van der Waals surface area contributed by atoms with Crippen LogP contribution in [0.5, 0.6) is 5.75 Å². The fraction of sp³-hybridized carbons (Fsp3) is 0.333. The molecule has 0 radical (unpaired) electrons. The van der Waals surface area contributed by atoms with Crippen LogP contribution < -0.4 is 5.32 Å². The number of aromatic hydroxyl groups is 1. The minimum Gasteiger partial charge on any atom is -0.508 e. The van der Waals surface area contributed by atoms with Crippen LogP contribution in [0.25, 0.3) is 0 Å². The van der Waals surface area contributed by atoms with Crippen molar-refractivity contribution in [1.82, 2.24) is 5.32 Å². The van der Waals surface area contributed by atoms with Crippen LogP contribution in [-0.4, -0.2) is 23.0 Å². The maximum absolute atomic E-state index is 13.5. The van der Waals surface area contributed by atoms with Gasteiger partial charge in [-0.05, 0) is 68.0 Å². The van der Waals surface area contributed by atoms with Gasteiger partial charge in [-0.2, -0.15) is 0 Å². The number of hydrogen-bond acceptors (Lipinski definition) is 5. The molecule has 2 aromatic rings. The molecular weight excluding hydrogens is 438 g/mol. The molecule has 2 aliphatic rings. The minimum absolute atomic E-state index is 0.0154. The molecule has 1 aliphatic heterocycles. The van der Waals surface area contributed by atoms with E-state index in [0.29, 0.717) is 46.7 Å². The molecule has 5 nitrogen and oxygen atoms in total. The lowest BCUT2D eigenvalue weighted by molar-refractivity contribution is -0.144. The molecule has 0 aromatic heterocycles. The van der Waals surface area contributed by atoms with Crippen LogP contribution in [-0.2, 0) is 14.3 Å². The zero-order valence-electron chi connectivity index (χ0n) is 19.0. The molecule has 1 heterocycles. The Morgan fingerprint density at radius 1 is 1.18 bits per heavy atom. The van der Waals surface area contributed by atoms with E-state index in [4.69, 9.17) is 16.3 Å². The van der Waals surface area contributed by atoms with E-state index in [0.717, 1.165) is 11.3 Å². The van der Waals surface area contributed by atoms with Crippen molar-refractivity contribution in [3.63, 3.8) is 0 Å². The van der Waals surface area contributed by atoms with Gasteiger partial charge in [0.2, 0.25) is 0 Å². The summed E-state index contributed by atoms with van der Waals surface area (Å²) in [6.07, 6.45) is 1.43. The summed E-state index contributed by atoms with van der Waals surface area (Å²) in [6, 6.07) is 14.3. The zero-order valence-corrected chi connectivity index (χ0v) is 19.8. The second kappa shape index (κ2) is 9.44. The van der Waals surface area contributed by atoms with Gasteiger partial charge in [0.25, 0.3) is 0 Å². The molecule has 1 aliphatic carbocycles. The van der Waals surface area contributed by atoms with Crippen molar-refractivity contribution in [2.45, 2.75) is 58.0 Å². The molecule has 0 saturated carbocycles. The minimum atomic E-state index is -0.594. The lowest BCUT2D eigenvalue weighted by Gasteiger charge is -2.37. The number of hydrogen-bond donors (Lipinski definition) is 2. The number of esters is 1. The predicted molar refractivity (Wildman–Crippen MR) is 128 cm³/mol. The Hall–Kier alpha value is -3.05. The molecule has 0 spiro atoms. The van der Waals surface area contributed by atoms with E-state index >= 15 is 0 Å². The van der Waals surface area contributed by atoms with Gasteiger partial charge >= 0.3 is 5.97 Å². The molecule has 6 heteroatoms. The van der Waals surface area contributed by atoms with Crippen molar-refractivity contribution in [2.75, 3.05) is 0 Å². The van der Waals surface area contributed by atoms with Crippen LogP contribution in [0, 0.1) is 0 Å². The van der Waals surface area contributed by atoms with E-state index < -0.39 is 11.9 Å². The molecule has 0 amide bonds. The number of carbonyl (C=O) groups excluding carboxylic acids is 2. The first kappa shape index (κ1) is 23.1. The number of dihydropyridines is 1. The summed E-state index contributed by atoms with van der Waals surface area (Å²) in [6.45, 7) is 5.64. The quantitative estimate of drug-likeness (QED) is 0.550. The zero-order chi connectivity index (χ0) is 23.7. The molecule has 2 N–H and O–H groups in total. The van der Waals surface area contributed by atoms with Gasteiger partial charge in [0.15, 0.2) is 5.78 Å². The molecule has 2 aromatic carbocycles. The molecule has 0 saturated heterocycles. The van der Waals surface area contributed by atoms with E-state index in [1.165, 1.54) is 0 Å². The van der Waals surface area contributed by atoms with Gasteiger partial charge in [0, 0.05) is 34.3 Å². The molecular formula is C27H28ClNO4. The van der Waals surface area contributed by atoms with Crippen molar-refractivity contribution in [3.05, 3.63) is 87.2 Å². The highest BCUT2D eigenvalue weighted by Crippen LogP contribution is 2.46. The van der Waals surface area contributed by atoms with Gasteiger partial charge in [0.05, 0.1) is 11.7 Å². The summed E-state index contributed by atoms with van der Waals surface area (Å²) in [4.78, 5) is 26.8. The van der Waals surface area contributed by atoms with Crippen LogP contribution in [0.15, 0.2) is 71.1 Å². The monoisotopic (exact) mass is 465 g/mol. The fourth-order valence-electron chi connectivity index (χ4n) is 4.65. The number of phenols is 1. The lowest BCUT2D eigenvalue weighted by atomic mass is 9.71. The van der Waals surface area contributed by atoms with E-state index in [2.05, 4.69) is 5.32 Å². The largest absolute Gasteiger partial charge is 0.508 e. The second-order valence-electron chi connectivity index (χ2n) is 8.79. The average Bonchev–Trinajstić information content (AvgIpc) is 2.78. The highest BCUT2D eigenvalue weighted by atomic mass is 35.5. The van der Waals surface area contributed by atoms with Crippen molar-refractivity contribution < 1.29 is 19.4 Å². The molecule has 0 fully saturated rings. The molecule has 0 unspecified atom stereocenters. The Balaban J connectivity index is 1.78. The molecule has 172 valence electrons. The van der Waals surface area contributed by atoms with E-state index in [1.54, 1.807) is 18.2 Å². The van der Waals surface area contributed by atoms with Crippen LogP contribution in [0.3, 0.4) is 0 Å². The van der Waals surface area contributed by atoms with E-state index in [1.807, 2.05) is 51.1 Å². The van der Waals surface area contributed by atoms with Crippen LogP contribution in [0.1, 0.15) is 63.0 Å². The standard InChI is InChI=1S/C27H28ClNO4/c1-4-15(2)33-27(32)24-16(3)29-22-13-19(17-8-10-20(28)11-9-17)14-23(31)26(22)25(24)18-6-5-7-21(30)12-18/h5-12,15,19,25,29-30H,4,13-14H2,1-3H3/t15-,19-,25-/m1/s1. The van der Waals surface area contributed by atoms with Crippen molar-refractivity contribution in [2.24, 2.45) is 0 Å². The highest BCUT2D eigenvalue weighted by Gasteiger charge is 2.41. The van der Waals surface area contributed by atoms with Crippen LogP contribution >= 0.6 is 11.6 Å². The fourth-order valence-corrected chi connectivity index (χ4v) is 4.77. The molecule has 3 atom stereocenters. The summed E-state index contributed by atoms with van der Waals surface area (Å²) >= 11 is 6.04. The Labute approximate surface area is 199 Å². The Morgan fingerprint density at radius 2 is 1.91 bits per heavy atom. The summed E-state index contributed by atoms with van der Waals surface area (Å²) in [7, 11) is 0. The summed E-state index contributed by atoms with van der Waals surface area (Å²) in [5, 5.41) is 14.1. The number of carbonyl (C=O) groups is 2. The predicted octanol–water partition coefficient (Wildman–Crippen LogP) is 5.75. The number of ketones is 1. The van der Waals surface area contributed by atoms with E-state index in [-0.39, 0.29) is 23.6 Å². The van der Waals surface area contributed by atoms with Gasteiger partial charge in [-0.25, -0.2) is 4.79 Å². The molecule has 33 heavy (non-hydrogen) atoms. The third-order valence-corrected chi connectivity index (χ3v) is 6.73. The van der Waals surface area contributed by atoms with Gasteiger partial charge in [-0.3, -0.25) is 4.79 Å². The highest BCUT2D eigenvalue weighted by molar-refractivity contribution is 6.30. The summed E-state index contributed by atoms with van der Waals surface area (Å²) in [5.41, 5.74) is 4.22. The Kier molecular flexibility index (Phi) is 6.61. The number of benzene rings is 2. The number of halogens is 1. The Morgan fingerprint density at radius 3 is 2.58 bits per heavy atom. The third-order valence-electron chi connectivity index (χ3n) is 6.48. The summed E-state index contributed by atoms with van der Waals surface area (Å²) in [5.74, 6) is -0.945. The number of rotatable bonds is 5. The normalized spacial score (nSPS) is 21.4. The number of nitrogens with one attached hydrogen (secondary N) is 1. The van der Waals surface area contributed by atoms with Gasteiger partial charge < -0.3 is 15.2 Å². The second-order valence-corrected chi connectivity index (χ2v) is 9.22. The SMILES string of the molecule is CC[C@@H](C)OC(=O)C1=C(C)NC2=C(C(=O)C[C@H](c3ccc(Cl)cc3)C2)[C@@H]1c1cccc(O)c1. The Bertz CT molecular complexity index is 1150. The average molecular weight is 466 g/mol. The first-order chi connectivity index (χ1) is 15.8. The third kappa shape index (κ3) is 4.69. The maximum atomic E-state index is 13.5. The first-order valence-corrected chi connectivity index (χ1v) is 11.7. The lowest BCUT2D eigenvalue weighted by Crippen LogP contribution is -2.36. The van der Waals surface area contributed by atoms with Crippen molar-refractivity contribution >= 4 is 23.4 Å². The number of allylic oxidation sites excluding steroid dienone is 3. The van der Waals surface area contributed by atoms with Crippen LogP contribution in [0.2, 0.25) is 5.02 Å². The number of phenolic OH excluding ortho intramolecular Hbond substituents is 1. The van der Waals surface area contributed by atoms with Crippen molar-refractivity contribution in [1.29, 1.82) is 0 Å². The van der Waals surface area contributed by atoms with Crippen molar-refractivity contribution in [3.8, 4) is 5.75 Å². The molecule has 4 rings (SSSR count). The van der Waals surface area contributed by atoms with Gasteiger partial charge in [-0.1, -0.05) is 42.8 Å².